The van der Waals surface area contributed by atoms with E-state index < -0.39 is 41.0 Å². The summed E-state index contributed by atoms with van der Waals surface area (Å²) in [5, 5.41) is 11.3. The van der Waals surface area contributed by atoms with Gasteiger partial charge in [0, 0.05) is 25.0 Å². The normalized spacial score (nSPS) is 12.2. The summed E-state index contributed by atoms with van der Waals surface area (Å²) in [5.41, 5.74) is -1.40. The lowest BCUT2D eigenvalue weighted by atomic mass is 10.0. The van der Waals surface area contributed by atoms with E-state index in [-0.39, 0.29) is 40.0 Å². The summed E-state index contributed by atoms with van der Waals surface area (Å²) in [7, 11) is 2.82. The number of hydrogen-bond acceptors (Lipinski definition) is 5. The van der Waals surface area contributed by atoms with Crippen LogP contribution >= 0.6 is 23.2 Å². The molecule has 2 heterocycles. The number of amides is 1. The van der Waals surface area contributed by atoms with E-state index >= 15 is 0 Å². The van der Waals surface area contributed by atoms with Gasteiger partial charge in [-0.2, -0.15) is 13.2 Å². The Balaban J connectivity index is 1.81. The first-order valence-electron chi connectivity index (χ1n) is 12.2. The van der Waals surface area contributed by atoms with Crippen LogP contribution in [0.3, 0.4) is 0 Å². The van der Waals surface area contributed by atoms with Gasteiger partial charge in [-0.15, -0.1) is 0 Å². The van der Waals surface area contributed by atoms with Crippen molar-refractivity contribution in [3.63, 3.8) is 0 Å². The van der Waals surface area contributed by atoms with Crippen LogP contribution < -0.4 is 10.9 Å². The smallest absolute Gasteiger partial charge is 0.417 e. The summed E-state index contributed by atoms with van der Waals surface area (Å²) in [6.07, 6.45) is -2.00. The van der Waals surface area contributed by atoms with Gasteiger partial charge >= 0.3 is 12.1 Å². The van der Waals surface area contributed by atoms with Gasteiger partial charge in [0.05, 0.1) is 47.4 Å². The number of pyridine rings is 1. The molecule has 0 aliphatic rings. The molecule has 8 nitrogen and oxygen atoms in total. The third-order valence-corrected chi connectivity index (χ3v) is 7.10. The Morgan fingerprint density at radius 1 is 1.07 bits per heavy atom. The van der Waals surface area contributed by atoms with Crippen molar-refractivity contribution in [2.75, 3.05) is 7.11 Å². The van der Waals surface area contributed by atoms with Gasteiger partial charge in [0.2, 0.25) is 5.62 Å². The average Bonchev–Trinajstić information content (AvgIpc) is 3.25. The van der Waals surface area contributed by atoms with E-state index in [4.69, 9.17) is 33.3 Å². The number of rotatable bonds is 8. The van der Waals surface area contributed by atoms with Crippen LogP contribution in [0.25, 0.3) is 11.3 Å². The van der Waals surface area contributed by atoms with Crippen LogP contribution in [0.5, 0.6) is 0 Å². The van der Waals surface area contributed by atoms with Crippen molar-refractivity contribution in [2.24, 2.45) is 7.05 Å². The summed E-state index contributed by atoms with van der Waals surface area (Å²) >= 11 is 12.1. The number of nitrogens with zero attached hydrogens (tertiary/aromatic N) is 3. The summed E-state index contributed by atoms with van der Waals surface area (Å²) in [6, 6.07) is 8.38. The Kier molecular flexibility index (Phi) is 9.07. The minimum absolute atomic E-state index is 0.0103. The Bertz CT molecular complexity index is 1720. The average molecular weight is 624 g/mol. The molecule has 1 atom stereocenters. The van der Waals surface area contributed by atoms with Crippen LogP contribution in [-0.2, 0) is 29.3 Å². The molecule has 0 aliphatic heterocycles. The molecule has 42 heavy (non-hydrogen) atoms. The van der Waals surface area contributed by atoms with Gasteiger partial charge < -0.3 is 19.2 Å². The Morgan fingerprint density at radius 2 is 1.81 bits per heavy atom. The fourth-order valence-corrected chi connectivity index (χ4v) is 4.53. The van der Waals surface area contributed by atoms with E-state index in [2.05, 4.69) is 10.3 Å². The van der Waals surface area contributed by atoms with Gasteiger partial charge in [-0.1, -0.05) is 29.3 Å². The number of halogens is 6. The van der Waals surface area contributed by atoms with E-state index in [9.17, 15) is 27.2 Å². The number of methoxy groups -OCH3 is 1. The van der Waals surface area contributed by atoms with Crippen molar-refractivity contribution >= 4 is 35.1 Å². The predicted molar refractivity (Wildman–Crippen MR) is 146 cm³/mol. The number of hydrogen-bond donors (Lipinski definition) is 2. The van der Waals surface area contributed by atoms with E-state index in [0.29, 0.717) is 17.2 Å². The van der Waals surface area contributed by atoms with Gasteiger partial charge in [-0.05, 0) is 53.6 Å². The fraction of sp³-hybridized carbons (Fsp3) is 0.214. The van der Waals surface area contributed by atoms with Crippen LogP contribution in [0, 0.1) is 11.2 Å². The molecule has 0 aliphatic carbocycles. The lowest BCUT2D eigenvalue weighted by Crippen LogP contribution is -2.31. The first kappa shape index (κ1) is 30.8. The molecule has 0 bridgehead atoms. The zero-order chi connectivity index (χ0) is 30.8. The summed E-state index contributed by atoms with van der Waals surface area (Å²) < 4.78 is 63.3. The second-order valence-corrected chi connectivity index (χ2v) is 10.1. The van der Waals surface area contributed by atoms with Crippen LogP contribution in [0.1, 0.15) is 39.6 Å². The molecule has 2 N–H and O–H groups in total. The Labute approximate surface area is 247 Å². The standard InChI is InChI=1S/C28H23Cl2F4N5O3/c1-38-7-8-39(27(38)35)14-15-9-23(18-5-4-17(31)12-19(18)28(32,33)34)36-24(10-15)26(41)37-22(13-25(40)42-2)16-3-6-20(29)21(30)11-16/h3-12,22,35H,13-14H2,1-2H3,(H,37,41). The second kappa shape index (κ2) is 12.4. The number of benzene rings is 2. The van der Waals surface area contributed by atoms with Gasteiger partial charge in [-0.25, -0.2) is 9.37 Å². The minimum atomic E-state index is -4.92. The quantitative estimate of drug-likeness (QED) is 0.188. The maximum atomic E-state index is 13.9. The third kappa shape index (κ3) is 7.00. The summed E-state index contributed by atoms with van der Waals surface area (Å²) in [4.78, 5) is 29.9. The number of carbonyl (C=O) groups is 2. The van der Waals surface area contributed by atoms with Crippen LogP contribution in [0.15, 0.2) is 60.9 Å². The topological polar surface area (TPSA) is 102 Å². The highest BCUT2D eigenvalue weighted by atomic mass is 35.5. The molecule has 0 fully saturated rings. The van der Waals surface area contributed by atoms with Crippen LogP contribution in [0.2, 0.25) is 10.0 Å². The monoisotopic (exact) mass is 623 g/mol. The van der Waals surface area contributed by atoms with Crippen molar-refractivity contribution in [3.8, 4) is 11.3 Å². The van der Waals surface area contributed by atoms with Gasteiger partial charge in [0.15, 0.2) is 0 Å². The number of ether oxygens (including phenoxy) is 1. The first-order valence-corrected chi connectivity index (χ1v) is 13.0. The van der Waals surface area contributed by atoms with Crippen molar-refractivity contribution in [1.29, 1.82) is 5.41 Å². The fourth-order valence-electron chi connectivity index (χ4n) is 4.22. The maximum absolute atomic E-state index is 13.9. The SMILES string of the molecule is COC(=O)CC(NC(=O)c1cc(Cn2ccn(C)c2=N)cc(-c2ccc(F)cc2C(F)(F)F)n1)c1ccc(Cl)c(Cl)c1. The zero-order valence-corrected chi connectivity index (χ0v) is 23.6. The maximum Gasteiger partial charge on any atom is 0.417 e. The van der Waals surface area contributed by atoms with E-state index in [1.54, 1.807) is 25.5 Å². The zero-order valence-electron chi connectivity index (χ0n) is 22.1. The number of esters is 1. The lowest BCUT2D eigenvalue weighted by Gasteiger charge is -2.19. The Morgan fingerprint density at radius 3 is 2.43 bits per heavy atom. The molecule has 220 valence electrons. The molecule has 0 saturated carbocycles. The van der Waals surface area contributed by atoms with Crippen LogP contribution in [-0.4, -0.2) is 33.1 Å². The van der Waals surface area contributed by atoms with E-state index in [1.807, 2.05) is 0 Å². The van der Waals surface area contributed by atoms with Crippen molar-refractivity contribution in [3.05, 3.63) is 105 Å². The highest BCUT2D eigenvalue weighted by molar-refractivity contribution is 6.42. The van der Waals surface area contributed by atoms with E-state index in [1.165, 1.54) is 40.5 Å². The molecule has 1 unspecified atom stereocenters. The number of nitrogens with one attached hydrogen (secondary N) is 2. The number of aryl methyl sites for hydroxylation is 1. The van der Waals surface area contributed by atoms with Gasteiger partial charge in [0.25, 0.3) is 5.91 Å². The highest BCUT2D eigenvalue weighted by Gasteiger charge is 2.35. The lowest BCUT2D eigenvalue weighted by molar-refractivity contribution is -0.141. The third-order valence-electron chi connectivity index (χ3n) is 6.36. The molecule has 2 aromatic heterocycles. The molecule has 0 spiro atoms. The Hall–Kier alpha value is -4.16. The molecule has 4 rings (SSSR count). The minimum Gasteiger partial charge on any atom is -0.469 e. The molecule has 0 saturated heterocycles. The van der Waals surface area contributed by atoms with Crippen molar-refractivity contribution in [2.45, 2.75) is 25.2 Å². The van der Waals surface area contributed by atoms with Gasteiger partial charge in [0.1, 0.15) is 11.5 Å². The number of alkyl halides is 3. The van der Waals surface area contributed by atoms with Crippen molar-refractivity contribution < 1.29 is 31.9 Å². The molecule has 0 radical (unpaired) electrons. The number of carbonyl (C=O) groups excluding carboxylic acids is 2. The summed E-state index contributed by atoms with van der Waals surface area (Å²) in [6.45, 7) is 0.0103. The number of imidazole rings is 1. The second-order valence-electron chi connectivity index (χ2n) is 9.27. The largest absolute Gasteiger partial charge is 0.469 e. The molecule has 4 aromatic rings. The molecule has 14 heteroatoms. The summed E-state index contributed by atoms with van der Waals surface area (Å²) in [5.74, 6) is -2.57. The van der Waals surface area contributed by atoms with Crippen LogP contribution in [0.4, 0.5) is 17.6 Å². The molecule has 2 aromatic carbocycles. The molecular weight excluding hydrogens is 601 g/mol. The van der Waals surface area contributed by atoms with Crippen molar-refractivity contribution in [1.82, 2.24) is 19.4 Å². The predicted octanol–water partition coefficient (Wildman–Crippen LogP) is 5.92. The molecular formula is C28H23Cl2F4N5O3. The first-order chi connectivity index (χ1) is 19.8. The molecule has 1 amide bonds. The number of aromatic nitrogens is 3. The van der Waals surface area contributed by atoms with E-state index in [0.717, 1.165) is 12.1 Å². The highest BCUT2D eigenvalue weighted by Crippen LogP contribution is 2.37. The van der Waals surface area contributed by atoms with Gasteiger partial charge in [-0.3, -0.25) is 15.0 Å².